The third-order valence-corrected chi connectivity index (χ3v) is 4.72. The van der Waals surface area contributed by atoms with E-state index < -0.39 is 17.8 Å². The molecule has 0 atom stereocenters. The van der Waals surface area contributed by atoms with Crippen LogP contribution in [0.15, 0.2) is 117 Å². The van der Waals surface area contributed by atoms with Crippen LogP contribution in [0.2, 0.25) is 0 Å². The Morgan fingerprint density at radius 3 is 1.86 bits per heavy atom. The van der Waals surface area contributed by atoms with Gasteiger partial charge >= 0.3 is 11.9 Å². The average Bonchev–Trinajstić information content (AvgIpc) is 2.89. The Labute approximate surface area is 208 Å². The van der Waals surface area contributed by atoms with Gasteiger partial charge in [0.05, 0.1) is 0 Å². The third kappa shape index (κ3) is 7.30. The van der Waals surface area contributed by atoms with Crippen molar-refractivity contribution < 1.29 is 32.9 Å². The van der Waals surface area contributed by atoms with E-state index in [9.17, 15) is 14.0 Å². The highest BCUT2D eigenvalue weighted by Crippen LogP contribution is 2.29. The molecule has 0 amide bonds. The van der Waals surface area contributed by atoms with Crippen LogP contribution in [0.5, 0.6) is 11.5 Å². The molecule has 0 radical (unpaired) electrons. The first-order valence-corrected chi connectivity index (χ1v) is 10.7. The molecule has 0 spiro atoms. The van der Waals surface area contributed by atoms with E-state index in [1.54, 1.807) is 24.3 Å². The Bertz CT molecular complexity index is 1300. The zero-order valence-corrected chi connectivity index (χ0v) is 19.5. The Kier molecular flexibility index (Phi) is 8.94. The molecule has 7 heteroatoms. The highest BCUT2D eigenvalue weighted by atomic mass is 19.1. The minimum absolute atomic E-state index is 0.255. The van der Waals surface area contributed by atoms with E-state index in [1.807, 2.05) is 36.4 Å². The summed E-state index contributed by atoms with van der Waals surface area (Å²) in [7, 11) is 0. The van der Waals surface area contributed by atoms with Crippen LogP contribution in [0.4, 0.5) is 4.39 Å². The fourth-order valence-corrected chi connectivity index (χ4v) is 2.92. The van der Waals surface area contributed by atoms with Crippen LogP contribution >= 0.6 is 0 Å². The van der Waals surface area contributed by atoms with E-state index in [1.165, 1.54) is 19.3 Å². The number of carbonyl (C=O) groups is 2. The minimum Gasteiger partial charge on any atom is -0.462 e. The van der Waals surface area contributed by atoms with Gasteiger partial charge in [-0.25, -0.2) is 14.0 Å². The molecular formula is C29H23FO6. The van der Waals surface area contributed by atoms with E-state index >= 15 is 0 Å². The predicted molar refractivity (Wildman–Crippen MR) is 134 cm³/mol. The highest BCUT2D eigenvalue weighted by Gasteiger charge is 2.08. The Morgan fingerprint density at radius 1 is 0.750 bits per heavy atom. The molecule has 36 heavy (non-hydrogen) atoms. The summed E-state index contributed by atoms with van der Waals surface area (Å²) < 4.78 is 34.8. The zero-order valence-electron chi connectivity index (χ0n) is 19.5. The molecular weight excluding hydrogens is 463 g/mol. The van der Waals surface area contributed by atoms with Crippen molar-refractivity contribution in [2.45, 2.75) is 6.92 Å². The molecule has 0 saturated heterocycles. The molecule has 3 aromatic rings. The molecule has 0 aromatic heterocycles. The number of benzene rings is 3. The van der Waals surface area contributed by atoms with Gasteiger partial charge in [0.15, 0.2) is 0 Å². The highest BCUT2D eigenvalue weighted by molar-refractivity contribution is 5.87. The number of rotatable bonds is 10. The lowest BCUT2D eigenvalue weighted by Gasteiger charge is -2.08. The number of carbonyl (C=O) groups excluding carboxylic acids is 2. The Morgan fingerprint density at radius 2 is 1.28 bits per heavy atom. The summed E-state index contributed by atoms with van der Waals surface area (Å²) in [6.07, 6.45) is 5.65. The SMILES string of the molecule is C=CC(=O)OC=COc1ccc(-c2ccc(-c3ccc(OC=COC(=O)C(=C)C)cc3F)cc2)cc1. The standard InChI is InChI=1S/C29H23FO6/c1-4-28(31)35-17-15-33-24-11-9-22(10-12-24)21-5-7-23(8-6-21)26-14-13-25(19-27(26)30)34-16-18-36-29(32)20(2)3/h4-19H,1-2H2,3H3. The summed E-state index contributed by atoms with van der Waals surface area (Å²) in [6.45, 7) is 8.29. The second-order valence-electron chi connectivity index (χ2n) is 7.35. The van der Waals surface area contributed by atoms with Gasteiger partial charge in [-0.3, -0.25) is 0 Å². The van der Waals surface area contributed by atoms with E-state index in [2.05, 4.69) is 17.9 Å². The largest absolute Gasteiger partial charge is 0.462 e. The third-order valence-electron chi connectivity index (χ3n) is 4.72. The van der Waals surface area contributed by atoms with Gasteiger partial charge in [-0.15, -0.1) is 0 Å². The van der Waals surface area contributed by atoms with Gasteiger partial charge in [0.25, 0.3) is 0 Å². The molecule has 182 valence electrons. The van der Waals surface area contributed by atoms with E-state index in [-0.39, 0.29) is 11.3 Å². The van der Waals surface area contributed by atoms with Gasteiger partial charge in [0.1, 0.15) is 42.4 Å². The Hall–Kier alpha value is -4.91. The number of esters is 2. The molecule has 0 aliphatic heterocycles. The summed E-state index contributed by atoms with van der Waals surface area (Å²) in [5.74, 6) is -0.791. The molecule has 0 saturated carbocycles. The molecule has 0 aliphatic rings. The summed E-state index contributed by atoms with van der Waals surface area (Å²) in [5, 5.41) is 0. The fourth-order valence-electron chi connectivity index (χ4n) is 2.92. The predicted octanol–water partition coefficient (Wildman–Crippen LogP) is 6.71. The topological polar surface area (TPSA) is 71.1 Å². The number of ether oxygens (including phenoxy) is 4. The first-order chi connectivity index (χ1) is 17.4. The second-order valence-corrected chi connectivity index (χ2v) is 7.35. The van der Waals surface area contributed by atoms with Crippen molar-refractivity contribution in [2.75, 3.05) is 0 Å². The van der Waals surface area contributed by atoms with Gasteiger partial charge in [-0.05, 0) is 47.9 Å². The van der Waals surface area contributed by atoms with Gasteiger partial charge in [0.2, 0.25) is 0 Å². The second kappa shape index (κ2) is 12.5. The van der Waals surface area contributed by atoms with E-state index in [0.29, 0.717) is 16.9 Å². The lowest BCUT2D eigenvalue weighted by molar-refractivity contribution is -0.134. The summed E-state index contributed by atoms with van der Waals surface area (Å²) in [5.41, 5.74) is 3.26. The smallest absolute Gasteiger partial charge is 0.338 e. The molecule has 0 heterocycles. The van der Waals surface area contributed by atoms with Crippen LogP contribution in [0.1, 0.15) is 6.92 Å². The van der Waals surface area contributed by atoms with Crippen LogP contribution in [0, 0.1) is 5.82 Å². The Balaban J connectivity index is 1.61. The molecule has 0 unspecified atom stereocenters. The van der Waals surface area contributed by atoms with Gasteiger partial charge in [-0.1, -0.05) is 49.6 Å². The van der Waals surface area contributed by atoms with Crippen molar-refractivity contribution in [3.63, 3.8) is 0 Å². The van der Waals surface area contributed by atoms with Crippen molar-refractivity contribution in [1.82, 2.24) is 0 Å². The van der Waals surface area contributed by atoms with Crippen molar-refractivity contribution in [1.29, 1.82) is 0 Å². The summed E-state index contributed by atoms with van der Waals surface area (Å²) in [4.78, 5) is 22.3. The van der Waals surface area contributed by atoms with Gasteiger partial charge in [0, 0.05) is 23.3 Å². The summed E-state index contributed by atoms with van der Waals surface area (Å²) in [6, 6.07) is 19.2. The van der Waals surface area contributed by atoms with Gasteiger partial charge in [-0.2, -0.15) is 0 Å². The summed E-state index contributed by atoms with van der Waals surface area (Å²) >= 11 is 0. The van der Waals surface area contributed by atoms with Crippen LogP contribution in [0.3, 0.4) is 0 Å². The molecule has 6 nitrogen and oxygen atoms in total. The maximum Gasteiger partial charge on any atom is 0.338 e. The maximum atomic E-state index is 14.7. The maximum absolute atomic E-state index is 14.7. The lowest BCUT2D eigenvalue weighted by atomic mass is 10.00. The quantitative estimate of drug-likeness (QED) is 0.180. The molecule has 0 bridgehead atoms. The molecule has 0 N–H and O–H groups in total. The normalized spacial score (nSPS) is 10.7. The van der Waals surface area contributed by atoms with Crippen LogP contribution < -0.4 is 9.47 Å². The number of hydrogen-bond donors (Lipinski definition) is 0. The number of hydrogen-bond acceptors (Lipinski definition) is 6. The lowest BCUT2D eigenvalue weighted by Crippen LogP contribution is -1.99. The average molecular weight is 486 g/mol. The van der Waals surface area contributed by atoms with Crippen LogP contribution in [0.25, 0.3) is 22.3 Å². The van der Waals surface area contributed by atoms with Crippen molar-refractivity contribution >= 4 is 11.9 Å². The van der Waals surface area contributed by atoms with Crippen molar-refractivity contribution in [3.8, 4) is 33.8 Å². The monoisotopic (exact) mass is 486 g/mol. The van der Waals surface area contributed by atoms with Crippen LogP contribution in [-0.2, 0) is 19.1 Å². The molecule has 3 rings (SSSR count). The number of halogens is 1. The van der Waals surface area contributed by atoms with Crippen LogP contribution in [-0.4, -0.2) is 11.9 Å². The minimum atomic E-state index is -0.579. The van der Waals surface area contributed by atoms with E-state index in [0.717, 1.165) is 36.0 Å². The molecule has 0 fully saturated rings. The van der Waals surface area contributed by atoms with Gasteiger partial charge < -0.3 is 18.9 Å². The first kappa shape index (κ1) is 25.7. The zero-order chi connectivity index (χ0) is 25.9. The van der Waals surface area contributed by atoms with E-state index in [4.69, 9.17) is 14.2 Å². The molecule has 0 aliphatic carbocycles. The van der Waals surface area contributed by atoms with Crippen molar-refractivity contribution in [3.05, 3.63) is 122 Å². The first-order valence-electron chi connectivity index (χ1n) is 10.7. The fraction of sp³-hybridized carbons (Fsp3) is 0.0345. The van der Waals surface area contributed by atoms with Crippen molar-refractivity contribution in [2.24, 2.45) is 0 Å². The molecule has 3 aromatic carbocycles.